The summed E-state index contributed by atoms with van der Waals surface area (Å²) >= 11 is 0. The van der Waals surface area contributed by atoms with E-state index in [1.54, 1.807) is 0 Å². The zero-order valence-corrected chi connectivity index (χ0v) is 15.4. The van der Waals surface area contributed by atoms with Gasteiger partial charge in [-0.05, 0) is 44.2 Å². The lowest BCUT2D eigenvalue weighted by molar-refractivity contribution is -0.121. The standard InChI is InChI=1S/C20H31N3O3/c21-19(25)13-12-18(16-24)22-14-6-2-5-11-20(26)23-15-7-10-17-8-3-1-4-9-17/h1,3-4,8-9,16,18,22H,2,5-7,10-15H2,(H2,21,25)(H,23,26)/t18-/m0/s1. The third kappa shape index (κ3) is 11.4. The molecule has 0 aliphatic heterocycles. The topological polar surface area (TPSA) is 101 Å². The summed E-state index contributed by atoms with van der Waals surface area (Å²) in [6, 6.07) is 9.92. The molecule has 26 heavy (non-hydrogen) atoms. The first-order valence-corrected chi connectivity index (χ1v) is 9.39. The monoisotopic (exact) mass is 361 g/mol. The van der Waals surface area contributed by atoms with Crippen molar-refractivity contribution in [3.8, 4) is 0 Å². The molecule has 1 aromatic rings. The van der Waals surface area contributed by atoms with Crippen molar-refractivity contribution in [2.75, 3.05) is 13.1 Å². The van der Waals surface area contributed by atoms with Crippen LogP contribution in [0.5, 0.6) is 0 Å². The maximum atomic E-state index is 11.8. The number of carbonyl (C=O) groups excluding carboxylic acids is 3. The normalized spacial score (nSPS) is 11.7. The van der Waals surface area contributed by atoms with E-state index in [0.717, 1.165) is 38.4 Å². The third-order valence-corrected chi connectivity index (χ3v) is 4.16. The van der Waals surface area contributed by atoms with Crippen LogP contribution < -0.4 is 16.4 Å². The Bertz CT molecular complexity index is 534. The van der Waals surface area contributed by atoms with Gasteiger partial charge in [0.1, 0.15) is 6.29 Å². The van der Waals surface area contributed by atoms with Crippen LogP contribution in [0.15, 0.2) is 30.3 Å². The number of hydrogen-bond donors (Lipinski definition) is 3. The number of aryl methyl sites for hydroxylation is 1. The summed E-state index contributed by atoms with van der Waals surface area (Å²) in [5.41, 5.74) is 6.36. The van der Waals surface area contributed by atoms with Gasteiger partial charge in [-0.1, -0.05) is 36.8 Å². The minimum absolute atomic E-state index is 0.0956. The molecule has 0 saturated carbocycles. The Labute approximate surface area is 155 Å². The first-order chi connectivity index (χ1) is 12.6. The fourth-order valence-electron chi connectivity index (χ4n) is 2.64. The van der Waals surface area contributed by atoms with E-state index in [2.05, 4.69) is 22.8 Å². The summed E-state index contributed by atoms with van der Waals surface area (Å²) in [5.74, 6) is -0.299. The van der Waals surface area contributed by atoms with E-state index in [1.807, 2.05) is 18.2 Å². The van der Waals surface area contributed by atoms with Crippen LogP contribution in [0.2, 0.25) is 0 Å². The van der Waals surface area contributed by atoms with Crippen LogP contribution in [0.4, 0.5) is 0 Å². The van der Waals surface area contributed by atoms with Gasteiger partial charge in [0.15, 0.2) is 0 Å². The highest BCUT2D eigenvalue weighted by Crippen LogP contribution is 2.03. The van der Waals surface area contributed by atoms with E-state index in [1.165, 1.54) is 5.56 Å². The highest BCUT2D eigenvalue weighted by atomic mass is 16.2. The van der Waals surface area contributed by atoms with Gasteiger partial charge in [0.05, 0.1) is 6.04 Å². The average Bonchev–Trinajstić information content (AvgIpc) is 2.64. The van der Waals surface area contributed by atoms with Crippen molar-refractivity contribution in [2.24, 2.45) is 5.73 Å². The van der Waals surface area contributed by atoms with Crippen molar-refractivity contribution in [3.05, 3.63) is 35.9 Å². The van der Waals surface area contributed by atoms with Crippen molar-refractivity contribution in [3.63, 3.8) is 0 Å². The largest absolute Gasteiger partial charge is 0.370 e. The molecule has 0 bridgehead atoms. The summed E-state index contributed by atoms with van der Waals surface area (Å²) < 4.78 is 0. The second-order valence-corrected chi connectivity index (χ2v) is 6.45. The van der Waals surface area contributed by atoms with E-state index >= 15 is 0 Å². The zero-order valence-electron chi connectivity index (χ0n) is 15.4. The van der Waals surface area contributed by atoms with E-state index in [4.69, 9.17) is 5.73 Å². The highest BCUT2D eigenvalue weighted by Gasteiger charge is 2.07. The molecule has 6 heteroatoms. The number of carbonyl (C=O) groups is 3. The van der Waals surface area contributed by atoms with Crippen LogP contribution in [0, 0.1) is 0 Å². The van der Waals surface area contributed by atoms with Crippen LogP contribution in [0.3, 0.4) is 0 Å². The second-order valence-electron chi connectivity index (χ2n) is 6.45. The smallest absolute Gasteiger partial charge is 0.219 e. The molecular formula is C20H31N3O3. The molecule has 144 valence electrons. The van der Waals surface area contributed by atoms with Crippen LogP contribution in [0.25, 0.3) is 0 Å². The molecule has 0 radical (unpaired) electrons. The van der Waals surface area contributed by atoms with Gasteiger partial charge in [0.2, 0.25) is 11.8 Å². The average molecular weight is 361 g/mol. The number of unbranched alkanes of at least 4 members (excludes halogenated alkanes) is 2. The molecule has 0 aromatic heterocycles. The minimum atomic E-state index is -0.395. The molecule has 6 nitrogen and oxygen atoms in total. The third-order valence-electron chi connectivity index (χ3n) is 4.16. The van der Waals surface area contributed by atoms with Crippen LogP contribution >= 0.6 is 0 Å². The molecule has 0 fully saturated rings. The fourth-order valence-corrected chi connectivity index (χ4v) is 2.64. The van der Waals surface area contributed by atoms with E-state index in [-0.39, 0.29) is 18.4 Å². The first kappa shape index (κ1) is 21.8. The number of amides is 2. The highest BCUT2D eigenvalue weighted by molar-refractivity contribution is 5.75. The Morgan fingerprint density at radius 1 is 1.00 bits per heavy atom. The van der Waals surface area contributed by atoms with E-state index < -0.39 is 5.91 Å². The summed E-state index contributed by atoms with van der Waals surface area (Å²) in [6.45, 7) is 1.40. The molecule has 1 rings (SSSR count). The van der Waals surface area contributed by atoms with E-state index in [9.17, 15) is 14.4 Å². The van der Waals surface area contributed by atoms with Crippen molar-refractivity contribution in [1.29, 1.82) is 0 Å². The van der Waals surface area contributed by atoms with Gasteiger partial charge in [-0.2, -0.15) is 0 Å². The lowest BCUT2D eigenvalue weighted by atomic mass is 10.1. The van der Waals surface area contributed by atoms with Gasteiger partial charge >= 0.3 is 0 Å². The van der Waals surface area contributed by atoms with Gasteiger partial charge in [-0.25, -0.2) is 0 Å². The molecule has 2 amide bonds. The van der Waals surface area contributed by atoms with Crippen molar-refractivity contribution >= 4 is 18.1 Å². The number of rotatable bonds is 15. The minimum Gasteiger partial charge on any atom is -0.370 e. The first-order valence-electron chi connectivity index (χ1n) is 9.39. The molecular weight excluding hydrogens is 330 g/mol. The van der Waals surface area contributed by atoms with Gasteiger partial charge in [-0.15, -0.1) is 0 Å². The van der Waals surface area contributed by atoms with Gasteiger partial charge in [0.25, 0.3) is 0 Å². The lowest BCUT2D eigenvalue weighted by Gasteiger charge is -2.11. The summed E-state index contributed by atoms with van der Waals surface area (Å²) in [6.07, 6.45) is 6.55. The predicted molar refractivity (Wildman–Crippen MR) is 103 cm³/mol. The summed E-state index contributed by atoms with van der Waals surface area (Å²) in [5, 5.41) is 6.05. The Kier molecular flexibility index (Phi) is 11.8. The van der Waals surface area contributed by atoms with E-state index in [0.29, 0.717) is 25.9 Å². The molecule has 0 spiro atoms. The molecule has 0 unspecified atom stereocenters. The van der Waals surface area contributed by atoms with Crippen molar-refractivity contribution in [2.45, 2.75) is 57.4 Å². The van der Waals surface area contributed by atoms with Crippen molar-refractivity contribution in [1.82, 2.24) is 10.6 Å². The molecule has 0 heterocycles. The Hall–Kier alpha value is -2.21. The zero-order chi connectivity index (χ0) is 19.0. The van der Waals surface area contributed by atoms with Gasteiger partial charge < -0.3 is 21.2 Å². The molecule has 0 saturated heterocycles. The number of benzene rings is 1. The van der Waals surface area contributed by atoms with Crippen molar-refractivity contribution < 1.29 is 14.4 Å². The Balaban J connectivity index is 1.95. The quantitative estimate of drug-likeness (QED) is 0.327. The molecule has 0 aliphatic carbocycles. The lowest BCUT2D eigenvalue weighted by Crippen LogP contribution is -2.32. The second kappa shape index (κ2) is 14.0. The Morgan fingerprint density at radius 3 is 2.46 bits per heavy atom. The van der Waals surface area contributed by atoms with Gasteiger partial charge in [-0.3, -0.25) is 9.59 Å². The predicted octanol–water partition coefficient (Wildman–Crippen LogP) is 1.72. The maximum Gasteiger partial charge on any atom is 0.219 e. The fraction of sp³-hybridized carbons (Fsp3) is 0.550. The maximum absolute atomic E-state index is 11.8. The number of aldehydes is 1. The summed E-state index contributed by atoms with van der Waals surface area (Å²) in [4.78, 5) is 33.4. The molecule has 1 aromatic carbocycles. The molecule has 0 aliphatic rings. The number of hydrogen-bond acceptors (Lipinski definition) is 4. The summed E-state index contributed by atoms with van der Waals surface area (Å²) in [7, 11) is 0. The molecule has 4 N–H and O–H groups in total. The SMILES string of the molecule is NC(=O)CC[C@@H](C=O)NCCCCCC(=O)NCCCc1ccccc1. The molecule has 1 atom stereocenters. The number of primary amides is 1. The van der Waals surface area contributed by atoms with Gasteiger partial charge in [0, 0.05) is 19.4 Å². The number of nitrogens with two attached hydrogens (primary N) is 1. The Morgan fingerprint density at radius 2 is 1.77 bits per heavy atom. The number of nitrogens with one attached hydrogen (secondary N) is 2. The van der Waals surface area contributed by atoms with Crippen LogP contribution in [0.1, 0.15) is 50.5 Å². The van der Waals surface area contributed by atoms with Crippen LogP contribution in [-0.4, -0.2) is 37.2 Å². The van der Waals surface area contributed by atoms with Crippen LogP contribution in [-0.2, 0) is 20.8 Å².